The van der Waals surface area contributed by atoms with Gasteiger partial charge in [-0.15, -0.1) is 0 Å². The van der Waals surface area contributed by atoms with Gasteiger partial charge >= 0.3 is 0 Å². The maximum absolute atomic E-state index is 12.7. The van der Waals surface area contributed by atoms with Crippen molar-refractivity contribution in [3.8, 4) is 0 Å². The molecule has 1 aliphatic heterocycles. The van der Waals surface area contributed by atoms with Gasteiger partial charge in [0.25, 0.3) is 0 Å². The molecule has 0 saturated carbocycles. The van der Waals surface area contributed by atoms with Crippen LogP contribution in [0.1, 0.15) is 23.5 Å². The van der Waals surface area contributed by atoms with Crippen LogP contribution in [-0.4, -0.2) is 12.5 Å². The van der Waals surface area contributed by atoms with Crippen molar-refractivity contribution in [3.63, 3.8) is 0 Å². The van der Waals surface area contributed by atoms with E-state index < -0.39 is 0 Å². The molecule has 0 bridgehead atoms. The van der Waals surface area contributed by atoms with Gasteiger partial charge in [0.1, 0.15) is 0 Å². The first kappa shape index (κ1) is 14.3. The second kappa shape index (κ2) is 6.00. The molecule has 0 radical (unpaired) electrons. The third-order valence-electron chi connectivity index (χ3n) is 3.86. The van der Waals surface area contributed by atoms with Gasteiger partial charge < -0.3 is 10.6 Å². The fraction of sp³-hybridized carbons (Fsp3) is 0.235. The minimum atomic E-state index is -0.119. The Labute approximate surface area is 132 Å². The lowest BCUT2D eigenvalue weighted by molar-refractivity contribution is -0.119. The minimum absolute atomic E-state index is 0.119. The predicted octanol–water partition coefficient (Wildman–Crippen LogP) is 3.43. The molecule has 1 heterocycles. The normalized spacial score (nSPS) is 17.1. The average molecular weight is 345 g/mol. The van der Waals surface area contributed by atoms with E-state index in [0.29, 0.717) is 19.5 Å². The number of anilines is 1. The van der Waals surface area contributed by atoms with Crippen molar-refractivity contribution in [1.29, 1.82) is 0 Å². The van der Waals surface area contributed by atoms with Gasteiger partial charge in [0.15, 0.2) is 0 Å². The second-order valence-corrected chi connectivity index (χ2v) is 6.16. The standard InChI is InChI=1S/C17H17BrN2O/c18-13-6-7-16-15(10-13)14(8-9-19)17(21)20(16)11-12-4-2-1-3-5-12/h1-7,10,14H,8-9,11,19H2/t14-/m1/s1. The van der Waals surface area contributed by atoms with Gasteiger partial charge in [-0.3, -0.25) is 4.79 Å². The van der Waals surface area contributed by atoms with E-state index in [1.54, 1.807) is 0 Å². The summed E-state index contributed by atoms with van der Waals surface area (Å²) >= 11 is 3.49. The first-order valence-electron chi connectivity index (χ1n) is 7.05. The molecule has 1 atom stereocenters. The molecule has 3 nitrogen and oxygen atoms in total. The van der Waals surface area contributed by atoms with Gasteiger partial charge in [-0.05, 0) is 42.3 Å². The van der Waals surface area contributed by atoms with Crippen LogP contribution >= 0.6 is 15.9 Å². The Morgan fingerprint density at radius 1 is 1.14 bits per heavy atom. The number of nitrogens with two attached hydrogens (primary N) is 1. The highest BCUT2D eigenvalue weighted by molar-refractivity contribution is 9.10. The lowest BCUT2D eigenvalue weighted by Crippen LogP contribution is -2.29. The quantitative estimate of drug-likeness (QED) is 0.923. The van der Waals surface area contributed by atoms with Crippen LogP contribution in [0.25, 0.3) is 0 Å². The van der Waals surface area contributed by atoms with Gasteiger partial charge in [0, 0.05) is 10.2 Å². The number of amides is 1. The summed E-state index contributed by atoms with van der Waals surface area (Å²) in [4.78, 5) is 14.6. The summed E-state index contributed by atoms with van der Waals surface area (Å²) in [6.45, 7) is 1.12. The molecule has 0 aliphatic carbocycles. The van der Waals surface area contributed by atoms with Crippen LogP contribution in [0.15, 0.2) is 53.0 Å². The predicted molar refractivity (Wildman–Crippen MR) is 88.2 cm³/mol. The van der Waals surface area contributed by atoms with Gasteiger partial charge in [0.05, 0.1) is 12.5 Å². The maximum atomic E-state index is 12.7. The SMILES string of the molecule is NCC[C@H]1C(=O)N(Cc2ccccc2)c2ccc(Br)cc21. The monoisotopic (exact) mass is 344 g/mol. The van der Waals surface area contributed by atoms with Crippen molar-refractivity contribution in [2.45, 2.75) is 18.9 Å². The Kier molecular flexibility index (Phi) is 4.08. The Hall–Kier alpha value is -1.65. The number of nitrogens with zero attached hydrogens (tertiary/aromatic N) is 1. The largest absolute Gasteiger partial charge is 0.330 e. The lowest BCUT2D eigenvalue weighted by Gasteiger charge is -2.18. The smallest absolute Gasteiger partial charge is 0.234 e. The van der Waals surface area contributed by atoms with Crippen molar-refractivity contribution >= 4 is 27.5 Å². The van der Waals surface area contributed by atoms with Crippen molar-refractivity contribution in [1.82, 2.24) is 0 Å². The second-order valence-electron chi connectivity index (χ2n) is 5.24. The summed E-state index contributed by atoms with van der Waals surface area (Å²) in [5.41, 5.74) is 8.90. The number of halogens is 1. The molecule has 4 heteroatoms. The number of fused-ring (bicyclic) bond motifs is 1. The van der Waals surface area contributed by atoms with E-state index in [4.69, 9.17) is 5.73 Å². The molecule has 2 N–H and O–H groups in total. The number of benzene rings is 2. The Morgan fingerprint density at radius 3 is 2.62 bits per heavy atom. The van der Waals surface area contributed by atoms with E-state index in [-0.39, 0.29) is 11.8 Å². The third-order valence-corrected chi connectivity index (χ3v) is 4.35. The topological polar surface area (TPSA) is 46.3 Å². The molecule has 0 fully saturated rings. The van der Waals surface area contributed by atoms with E-state index >= 15 is 0 Å². The van der Waals surface area contributed by atoms with Crippen LogP contribution in [-0.2, 0) is 11.3 Å². The summed E-state index contributed by atoms with van der Waals surface area (Å²) in [5.74, 6) is 0.0311. The van der Waals surface area contributed by atoms with Crippen molar-refractivity contribution in [3.05, 3.63) is 64.1 Å². The molecule has 0 saturated heterocycles. The molecule has 1 amide bonds. The van der Waals surface area contributed by atoms with Crippen LogP contribution in [0.4, 0.5) is 5.69 Å². The molecule has 0 unspecified atom stereocenters. The first-order chi connectivity index (χ1) is 10.2. The van der Waals surface area contributed by atoms with Crippen LogP contribution < -0.4 is 10.6 Å². The molecule has 0 aromatic heterocycles. The first-order valence-corrected chi connectivity index (χ1v) is 7.85. The van der Waals surface area contributed by atoms with Crippen molar-refractivity contribution in [2.75, 3.05) is 11.4 Å². The molecule has 0 spiro atoms. The van der Waals surface area contributed by atoms with Crippen molar-refractivity contribution < 1.29 is 4.79 Å². The van der Waals surface area contributed by atoms with Crippen molar-refractivity contribution in [2.24, 2.45) is 5.73 Å². The molecule has 1 aliphatic rings. The summed E-state index contributed by atoms with van der Waals surface area (Å²) in [6.07, 6.45) is 0.688. The fourth-order valence-corrected chi connectivity index (χ4v) is 3.24. The highest BCUT2D eigenvalue weighted by Gasteiger charge is 2.36. The van der Waals surface area contributed by atoms with E-state index in [1.807, 2.05) is 53.4 Å². The maximum Gasteiger partial charge on any atom is 0.234 e. The minimum Gasteiger partial charge on any atom is -0.330 e. The zero-order valence-electron chi connectivity index (χ0n) is 11.6. The van der Waals surface area contributed by atoms with Crippen LogP contribution in [0.5, 0.6) is 0 Å². The van der Waals surface area contributed by atoms with Gasteiger partial charge in [-0.1, -0.05) is 46.3 Å². The summed E-state index contributed by atoms with van der Waals surface area (Å²) < 4.78 is 0.998. The number of carbonyl (C=O) groups excluding carboxylic acids is 1. The molecular weight excluding hydrogens is 328 g/mol. The Bertz CT molecular complexity index is 657. The highest BCUT2D eigenvalue weighted by atomic mass is 79.9. The lowest BCUT2D eigenvalue weighted by atomic mass is 9.97. The molecule has 2 aromatic rings. The third kappa shape index (κ3) is 2.74. The van der Waals surface area contributed by atoms with E-state index in [0.717, 1.165) is 21.3 Å². The summed E-state index contributed by atoms with van der Waals surface area (Å²) in [7, 11) is 0. The number of rotatable bonds is 4. The summed E-state index contributed by atoms with van der Waals surface area (Å²) in [5, 5.41) is 0. The Morgan fingerprint density at radius 2 is 1.90 bits per heavy atom. The Balaban J connectivity index is 1.97. The number of hydrogen-bond acceptors (Lipinski definition) is 2. The van der Waals surface area contributed by atoms with Gasteiger partial charge in [-0.2, -0.15) is 0 Å². The molecule has 3 rings (SSSR count). The molecular formula is C17H17BrN2O. The number of hydrogen-bond donors (Lipinski definition) is 1. The fourth-order valence-electron chi connectivity index (χ4n) is 2.86. The van der Waals surface area contributed by atoms with Crippen LogP contribution in [0, 0.1) is 0 Å². The van der Waals surface area contributed by atoms with E-state index in [2.05, 4.69) is 15.9 Å². The van der Waals surface area contributed by atoms with Crippen LogP contribution in [0.3, 0.4) is 0 Å². The highest BCUT2D eigenvalue weighted by Crippen LogP contribution is 2.41. The molecule has 108 valence electrons. The number of carbonyl (C=O) groups is 1. The average Bonchev–Trinajstić information content (AvgIpc) is 2.74. The molecule has 2 aromatic carbocycles. The van der Waals surface area contributed by atoms with Gasteiger partial charge in [0.2, 0.25) is 5.91 Å². The zero-order chi connectivity index (χ0) is 14.8. The van der Waals surface area contributed by atoms with Crippen LogP contribution in [0.2, 0.25) is 0 Å². The van der Waals surface area contributed by atoms with E-state index in [1.165, 1.54) is 0 Å². The molecule has 21 heavy (non-hydrogen) atoms. The summed E-state index contributed by atoms with van der Waals surface area (Å²) in [6, 6.07) is 16.1. The zero-order valence-corrected chi connectivity index (χ0v) is 13.2. The van der Waals surface area contributed by atoms with Gasteiger partial charge in [-0.25, -0.2) is 0 Å². The van der Waals surface area contributed by atoms with E-state index in [9.17, 15) is 4.79 Å².